The van der Waals surface area contributed by atoms with E-state index in [4.69, 9.17) is 14.6 Å². The van der Waals surface area contributed by atoms with E-state index in [9.17, 15) is 4.79 Å². The lowest BCUT2D eigenvalue weighted by atomic mass is 10.1. The number of fused-ring (bicyclic) bond motifs is 1. The Morgan fingerprint density at radius 1 is 1.06 bits per heavy atom. The van der Waals surface area contributed by atoms with E-state index in [0.29, 0.717) is 34.5 Å². The number of hydrogen-bond acceptors (Lipinski definition) is 6. The van der Waals surface area contributed by atoms with Gasteiger partial charge >= 0.3 is 0 Å². The molecule has 0 radical (unpaired) electrons. The predicted octanol–water partition coefficient (Wildman–Crippen LogP) is 4.02. The van der Waals surface area contributed by atoms with E-state index in [2.05, 4.69) is 18.8 Å². The zero-order valence-corrected chi connectivity index (χ0v) is 19.6. The van der Waals surface area contributed by atoms with E-state index < -0.39 is 0 Å². The van der Waals surface area contributed by atoms with Crippen molar-refractivity contribution in [3.05, 3.63) is 58.2 Å². The fourth-order valence-corrected chi connectivity index (χ4v) is 4.54. The second-order valence-electron chi connectivity index (χ2n) is 7.78. The maximum absolute atomic E-state index is 13.4. The van der Waals surface area contributed by atoms with Crippen molar-refractivity contribution in [3.8, 4) is 22.8 Å². The number of methoxy groups -OCH3 is 2. The molecule has 8 heteroatoms. The summed E-state index contributed by atoms with van der Waals surface area (Å²) in [5, 5.41) is 6.80. The van der Waals surface area contributed by atoms with Gasteiger partial charge in [-0.05, 0) is 24.1 Å². The number of nitrogens with zero attached hydrogens (tertiary/aromatic N) is 4. The predicted molar refractivity (Wildman–Crippen MR) is 128 cm³/mol. The third-order valence-electron chi connectivity index (χ3n) is 5.21. The van der Waals surface area contributed by atoms with Gasteiger partial charge in [0.2, 0.25) is 4.80 Å². The van der Waals surface area contributed by atoms with Gasteiger partial charge in [-0.15, -0.1) is 11.3 Å². The number of carbonyl (C=O) groups excluding carboxylic acids is 1. The number of aromatic nitrogens is 1. The summed E-state index contributed by atoms with van der Waals surface area (Å²) in [6.45, 7) is 4.83. The normalized spacial score (nSPS) is 15.1. The average molecular weight is 451 g/mol. The van der Waals surface area contributed by atoms with Crippen LogP contribution in [0, 0.1) is 5.92 Å². The quantitative estimate of drug-likeness (QED) is 0.570. The molecule has 1 aromatic heterocycles. The Morgan fingerprint density at radius 2 is 1.84 bits per heavy atom. The molecule has 0 aliphatic carbocycles. The number of anilines is 1. The Bertz CT molecular complexity index is 1260. The van der Waals surface area contributed by atoms with Gasteiger partial charge in [-0.2, -0.15) is 5.10 Å². The Labute approximate surface area is 191 Å². The summed E-state index contributed by atoms with van der Waals surface area (Å²) in [6, 6.07) is 13.4. The SMILES string of the molecule is CN=c1scc(-c2ccc(OC)cc2OC)n1N=C1C(=O)N(CC(C)C)c2ccccc21. The second-order valence-corrected chi connectivity index (χ2v) is 8.62. The van der Waals surface area contributed by atoms with Crippen LogP contribution in [0.1, 0.15) is 19.4 Å². The number of benzene rings is 2. The van der Waals surface area contributed by atoms with Crippen LogP contribution < -0.4 is 19.2 Å². The van der Waals surface area contributed by atoms with Gasteiger partial charge in [0.15, 0.2) is 5.71 Å². The Hall–Kier alpha value is -3.39. The summed E-state index contributed by atoms with van der Waals surface area (Å²) in [4.78, 5) is 20.3. The molecule has 1 aliphatic rings. The van der Waals surface area contributed by atoms with E-state index >= 15 is 0 Å². The van der Waals surface area contributed by atoms with Crippen LogP contribution in [0.5, 0.6) is 11.5 Å². The molecule has 0 fully saturated rings. The zero-order valence-electron chi connectivity index (χ0n) is 18.8. The largest absolute Gasteiger partial charge is 0.497 e. The van der Waals surface area contributed by atoms with Crippen LogP contribution in [0.25, 0.3) is 11.3 Å². The summed E-state index contributed by atoms with van der Waals surface area (Å²) in [5.74, 6) is 1.58. The van der Waals surface area contributed by atoms with Gasteiger partial charge in [0.1, 0.15) is 11.5 Å². The minimum atomic E-state index is -0.103. The van der Waals surface area contributed by atoms with Crippen molar-refractivity contribution in [3.63, 3.8) is 0 Å². The topological polar surface area (TPSA) is 68.4 Å². The van der Waals surface area contributed by atoms with Crippen LogP contribution in [0.3, 0.4) is 0 Å². The van der Waals surface area contributed by atoms with Crippen molar-refractivity contribution in [1.29, 1.82) is 0 Å². The summed E-state index contributed by atoms with van der Waals surface area (Å²) >= 11 is 1.45. The summed E-state index contributed by atoms with van der Waals surface area (Å²) in [5.41, 5.74) is 3.74. The van der Waals surface area contributed by atoms with Crippen molar-refractivity contribution in [2.45, 2.75) is 13.8 Å². The fourth-order valence-electron chi connectivity index (χ4n) is 3.75. The Kier molecular flexibility index (Phi) is 6.14. The standard InChI is InChI=1S/C24H26N4O3S/c1-15(2)13-27-19-9-7-6-8-18(19)22(23(27)29)26-28-20(14-32-24(28)25-3)17-11-10-16(30-4)12-21(17)31-5/h6-12,14-15H,13H2,1-5H3. The van der Waals surface area contributed by atoms with Gasteiger partial charge < -0.3 is 14.4 Å². The number of hydrogen-bond donors (Lipinski definition) is 0. The molecule has 2 heterocycles. The number of thiazole rings is 1. The Balaban J connectivity index is 1.89. The molecule has 32 heavy (non-hydrogen) atoms. The lowest BCUT2D eigenvalue weighted by molar-refractivity contribution is -0.112. The first kappa shape index (κ1) is 21.8. The molecular formula is C24H26N4O3S. The van der Waals surface area contributed by atoms with Crippen molar-refractivity contribution in [1.82, 2.24) is 4.68 Å². The smallest absolute Gasteiger partial charge is 0.279 e. The molecule has 0 spiro atoms. The first-order valence-electron chi connectivity index (χ1n) is 10.3. The fraction of sp³-hybridized carbons (Fsp3) is 0.292. The van der Waals surface area contributed by atoms with Crippen LogP contribution in [-0.2, 0) is 4.79 Å². The highest BCUT2D eigenvalue weighted by molar-refractivity contribution is 7.07. The first-order chi connectivity index (χ1) is 15.5. The molecule has 1 amide bonds. The molecule has 0 bridgehead atoms. The average Bonchev–Trinajstić information content (AvgIpc) is 3.32. The second kappa shape index (κ2) is 9.00. The van der Waals surface area contributed by atoms with Crippen LogP contribution in [-0.4, -0.2) is 44.1 Å². The van der Waals surface area contributed by atoms with Gasteiger partial charge in [-0.1, -0.05) is 32.0 Å². The molecule has 0 atom stereocenters. The van der Waals surface area contributed by atoms with Gasteiger partial charge in [0, 0.05) is 36.2 Å². The van der Waals surface area contributed by atoms with Crippen molar-refractivity contribution >= 4 is 28.6 Å². The number of carbonyl (C=O) groups is 1. The molecule has 7 nitrogen and oxygen atoms in total. The van der Waals surface area contributed by atoms with Crippen LogP contribution in [0.2, 0.25) is 0 Å². The molecule has 2 aromatic carbocycles. The van der Waals surface area contributed by atoms with Gasteiger partial charge in [-0.25, -0.2) is 4.68 Å². The molecule has 3 aromatic rings. The van der Waals surface area contributed by atoms with Crippen molar-refractivity contribution < 1.29 is 14.3 Å². The Morgan fingerprint density at radius 3 is 2.53 bits per heavy atom. The third-order valence-corrected chi connectivity index (χ3v) is 6.11. The molecule has 0 saturated carbocycles. The van der Waals surface area contributed by atoms with Crippen LogP contribution in [0.15, 0.2) is 57.9 Å². The number of rotatable bonds is 6. The number of para-hydroxylation sites is 1. The molecule has 0 saturated heterocycles. The maximum atomic E-state index is 13.4. The minimum absolute atomic E-state index is 0.103. The molecular weight excluding hydrogens is 424 g/mol. The molecule has 166 valence electrons. The summed E-state index contributed by atoms with van der Waals surface area (Å²) in [7, 11) is 4.95. The maximum Gasteiger partial charge on any atom is 0.279 e. The van der Waals surface area contributed by atoms with E-state index in [-0.39, 0.29) is 5.91 Å². The molecule has 0 unspecified atom stereocenters. The van der Waals surface area contributed by atoms with Gasteiger partial charge in [0.25, 0.3) is 5.91 Å². The molecule has 1 aliphatic heterocycles. The van der Waals surface area contributed by atoms with Crippen molar-refractivity contribution in [2.75, 3.05) is 32.7 Å². The number of ether oxygens (including phenoxy) is 2. The highest BCUT2D eigenvalue weighted by Crippen LogP contribution is 2.35. The van der Waals surface area contributed by atoms with Crippen LogP contribution in [0.4, 0.5) is 5.69 Å². The monoisotopic (exact) mass is 450 g/mol. The zero-order chi connectivity index (χ0) is 22.8. The molecule has 0 N–H and O–H groups in total. The summed E-state index contributed by atoms with van der Waals surface area (Å²) < 4.78 is 12.7. The lowest BCUT2D eigenvalue weighted by Gasteiger charge is -2.18. The van der Waals surface area contributed by atoms with E-state index in [1.807, 2.05) is 52.7 Å². The number of amides is 1. The summed E-state index contributed by atoms with van der Waals surface area (Å²) in [6.07, 6.45) is 0. The van der Waals surface area contributed by atoms with Crippen LogP contribution >= 0.6 is 11.3 Å². The van der Waals surface area contributed by atoms with E-state index in [1.54, 1.807) is 25.9 Å². The highest BCUT2D eigenvalue weighted by atomic mass is 32.1. The molecule has 4 rings (SSSR count). The lowest BCUT2D eigenvalue weighted by Crippen LogP contribution is -2.33. The minimum Gasteiger partial charge on any atom is -0.497 e. The third kappa shape index (κ3) is 3.82. The van der Waals surface area contributed by atoms with E-state index in [0.717, 1.165) is 22.5 Å². The highest BCUT2D eigenvalue weighted by Gasteiger charge is 2.34. The van der Waals surface area contributed by atoms with E-state index in [1.165, 1.54) is 11.3 Å². The van der Waals surface area contributed by atoms with Gasteiger partial charge in [0.05, 0.1) is 25.6 Å². The van der Waals surface area contributed by atoms with Gasteiger partial charge in [-0.3, -0.25) is 9.79 Å². The van der Waals surface area contributed by atoms with Crippen molar-refractivity contribution in [2.24, 2.45) is 16.0 Å². The first-order valence-corrected chi connectivity index (χ1v) is 11.2.